The van der Waals surface area contributed by atoms with Crippen molar-refractivity contribution in [1.82, 2.24) is 0 Å². The Bertz CT molecular complexity index is 415. The molecule has 0 radical (unpaired) electrons. The Morgan fingerprint density at radius 3 is 2.93 bits per heavy atom. The standard InChI is InChI=1S/C11H14N2O2/c1-3-9-11(14)13-8-5-7(12)4-6(2)10(8)15-9/h4-5,9H,3,12H2,1-2H3,(H,13,14). The lowest BCUT2D eigenvalue weighted by Gasteiger charge is -2.26. The van der Waals surface area contributed by atoms with E-state index in [1.54, 1.807) is 6.07 Å². The van der Waals surface area contributed by atoms with Crippen molar-refractivity contribution in [3.63, 3.8) is 0 Å². The van der Waals surface area contributed by atoms with E-state index in [-0.39, 0.29) is 12.0 Å². The Labute approximate surface area is 88.4 Å². The molecule has 4 nitrogen and oxygen atoms in total. The SMILES string of the molecule is CCC1Oc2c(C)cc(N)cc2NC1=O. The molecule has 2 rings (SSSR count). The number of anilines is 2. The molecule has 3 N–H and O–H groups in total. The van der Waals surface area contributed by atoms with Crippen molar-refractivity contribution in [2.45, 2.75) is 26.4 Å². The molecule has 1 amide bonds. The summed E-state index contributed by atoms with van der Waals surface area (Å²) < 4.78 is 5.61. The molecule has 1 heterocycles. The Hall–Kier alpha value is -1.71. The number of carbonyl (C=O) groups excluding carboxylic acids is 1. The summed E-state index contributed by atoms with van der Waals surface area (Å²) in [4.78, 5) is 11.5. The number of nitrogen functional groups attached to an aromatic ring is 1. The zero-order chi connectivity index (χ0) is 11.0. The van der Waals surface area contributed by atoms with Gasteiger partial charge in [-0.05, 0) is 31.0 Å². The van der Waals surface area contributed by atoms with Crippen LogP contribution in [0.3, 0.4) is 0 Å². The molecule has 0 aliphatic carbocycles. The smallest absolute Gasteiger partial charge is 0.265 e. The number of fused-ring (bicyclic) bond motifs is 1. The van der Waals surface area contributed by atoms with Gasteiger partial charge in [0.1, 0.15) is 5.75 Å². The molecule has 4 heteroatoms. The topological polar surface area (TPSA) is 64.3 Å². The molecule has 1 atom stereocenters. The molecule has 0 saturated carbocycles. The Kier molecular flexibility index (Phi) is 2.26. The van der Waals surface area contributed by atoms with Gasteiger partial charge < -0.3 is 15.8 Å². The zero-order valence-electron chi connectivity index (χ0n) is 8.83. The molecule has 1 aromatic rings. The highest BCUT2D eigenvalue weighted by atomic mass is 16.5. The van der Waals surface area contributed by atoms with E-state index in [0.717, 1.165) is 11.3 Å². The van der Waals surface area contributed by atoms with Crippen molar-refractivity contribution in [1.29, 1.82) is 0 Å². The number of benzene rings is 1. The molecule has 0 spiro atoms. The number of ether oxygens (including phenoxy) is 1. The van der Waals surface area contributed by atoms with E-state index in [0.29, 0.717) is 17.8 Å². The summed E-state index contributed by atoms with van der Waals surface area (Å²) in [5, 5.41) is 2.80. The van der Waals surface area contributed by atoms with Gasteiger partial charge >= 0.3 is 0 Å². The van der Waals surface area contributed by atoms with Gasteiger partial charge in [-0.3, -0.25) is 4.79 Å². The first-order chi connectivity index (χ1) is 7.11. The lowest BCUT2D eigenvalue weighted by molar-refractivity contribution is -0.123. The van der Waals surface area contributed by atoms with Crippen LogP contribution in [0.25, 0.3) is 0 Å². The highest BCUT2D eigenvalue weighted by molar-refractivity contribution is 5.98. The van der Waals surface area contributed by atoms with Gasteiger partial charge in [0.15, 0.2) is 6.10 Å². The number of aryl methyl sites for hydroxylation is 1. The van der Waals surface area contributed by atoms with Crippen LogP contribution in [-0.4, -0.2) is 12.0 Å². The monoisotopic (exact) mass is 206 g/mol. The Morgan fingerprint density at radius 1 is 1.53 bits per heavy atom. The van der Waals surface area contributed by atoms with Gasteiger partial charge in [-0.2, -0.15) is 0 Å². The van der Waals surface area contributed by atoms with E-state index >= 15 is 0 Å². The number of amides is 1. The maximum atomic E-state index is 11.5. The fraction of sp³-hybridized carbons (Fsp3) is 0.364. The van der Waals surface area contributed by atoms with Crippen molar-refractivity contribution in [3.8, 4) is 5.75 Å². The van der Waals surface area contributed by atoms with E-state index in [1.807, 2.05) is 19.9 Å². The Balaban J connectivity index is 2.45. The molecule has 0 aromatic heterocycles. The summed E-state index contributed by atoms with van der Waals surface area (Å²) in [5.74, 6) is 0.630. The van der Waals surface area contributed by atoms with Crippen molar-refractivity contribution < 1.29 is 9.53 Å². The number of carbonyl (C=O) groups is 1. The summed E-state index contributed by atoms with van der Waals surface area (Å²) >= 11 is 0. The average Bonchev–Trinajstić information content (AvgIpc) is 2.16. The molecule has 1 aliphatic heterocycles. The summed E-state index contributed by atoms with van der Waals surface area (Å²) in [5.41, 5.74) is 7.93. The summed E-state index contributed by atoms with van der Waals surface area (Å²) in [6.45, 7) is 3.83. The summed E-state index contributed by atoms with van der Waals surface area (Å²) in [6, 6.07) is 3.55. The maximum absolute atomic E-state index is 11.5. The summed E-state index contributed by atoms with van der Waals surface area (Å²) in [6.07, 6.45) is 0.273. The van der Waals surface area contributed by atoms with Crippen LogP contribution in [0, 0.1) is 6.92 Å². The second kappa shape index (κ2) is 3.46. The molecule has 0 bridgehead atoms. The van der Waals surface area contributed by atoms with E-state index in [9.17, 15) is 4.79 Å². The second-order valence-electron chi connectivity index (χ2n) is 3.72. The van der Waals surface area contributed by atoms with Gasteiger partial charge in [-0.15, -0.1) is 0 Å². The highest BCUT2D eigenvalue weighted by Crippen LogP contribution is 2.35. The summed E-state index contributed by atoms with van der Waals surface area (Å²) in [7, 11) is 0. The Morgan fingerprint density at radius 2 is 2.27 bits per heavy atom. The van der Waals surface area contributed by atoms with Crippen LogP contribution in [0.5, 0.6) is 5.75 Å². The van der Waals surface area contributed by atoms with Crippen LogP contribution in [0.15, 0.2) is 12.1 Å². The normalized spacial score (nSPS) is 19.1. The largest absolute Gasteiger partial charge is 0.478 e. The number of hydrogen-bond acceptors (Lipinski definition) is 3. The molecule has 15 heavy (non-hydrogen) atoms. The number of rotatable bonds is 1. The van der Waals surface area contributed by atoms with E-state index in [4.69, 9.17) is 10.5 Å². The lowest BCUT2D eigenvalue weighted by atomic mass is 10.1. The zero-order valence-corrected chi connectivity index (χ0v) is 8.83. The van der Waals surface area contributed by atoms with Crippen molar-refractivity contribution >= 4 is 17.3 Å². The van der Waals surface area contributed by atoms with Gasteiger partial charge in [-0.1, -0.05) is 6.92 Å². The maximum Gasteiger partial charge on any atom is 0.265 e. The number of nitrogens with two attached hydrogens (primary N) is 1. The van der Waals surface area contributed by atoms with Gasteiger partial charge in [0, 0.05) is 5.69 Å². The third-order valence-electron chi connectivity index (χ3n) is 2.48. The first-order valence-electron chi connectivity index (χ1n) is 4.99. The molecule has 80 valence electrons. The molecule has 0 fully saturated rings. The average molecular weight is 206 g/mol. The molecule has 0 saturated heterocycles. The third kappa shape index (κ3) is 1.63. The van der Waals surface area contributed by atoms with Gasteiger partial charge in [-0.25, -0.2) is 0 Å². The van der Waals surface area contributed by atoms with E-state index in [1.165, 1.54) is 0 Å². The fourth-order valence-electron chi connectivity index (χ4n) is 1.73. The van der Waals surface area contributed by atoms with Crippen LogP contribution in [0.2, 0.25) is 0 Å². The van der Waals surface area contributed by atoms with Gasteiger partial charge in [0.25, 0.3) is 5.91 Å². The minimum Gasteiger partial charge on any atom is -0.478 e. The molecular weight excluding hydrogens is 192 g/mol. The molecule has 1 unspecified atom stereocenters. The van der Waals surface area contributed by atoms with Crippen LogP contribution >= 0.6 is 0 Å². The number of nitrogens with one attached hydrogen (secondary N) is 1. The van der Waals surface area contributed by atoms with E-state index < -0.39 is 0 Å². The molecular formula is C11H14N2O2. The third-order valence-corrected chi connectivity index (χ3v) is 2.48. The van der Waals surface area contributed by atoms with Crippen LogP contribution < -0.4 is 15.8 Å². The van der Waals surface area contributed by atoms with Crippen molar-refractivity contribution in [2.24, 2.45) is 0 Å². The highest BCUT2D eigenvalue weighted by Gasteiger charge is 2.27. The fourth-order valence-corrected chi connectivity index (χ4v) is 1.73. The molecule has 1 aromatic carbocycles. The molecule has 1 aliphatic rings. The lowest BCUT2D eigenvalue weighted by Crippen LogP contribution is -2.36. The van der Waals surface area contributed by atoms with Crippen LogP contribution in [-0.2, 0) is 4.79 Å². The van der Waals surface area contributed by atoms with Crippen LogP contribution in [0.4, 0.5) is 11.4 Å². The predicted molar refractivity (Wildman–Crippen MR) is 58.9 cm³/mol. The van der Waals surface area contributed by atoms with Gasteiger partial charge in [0.05, 0.1) is 5.69 Å². The van der Waals surface area contributed by atoms with E-state index in [2.05, 4.69) is 5.32 Å². The van der Waals surface area contributed by atoms with Gasteiger partial charge in [0.2, 0.25) is 0 Å². The van der Waals surface area contributed by atoms with Crippen molar-refractivity contribution in [2.75, 3.05) is 11.1 Å². The first-order valence-corrected chi connectivity index (χ1v) is 4.99. The quantitative estimate of drug-likeness (QED) is 0.687. The van der Waals surface area contributed by atoms with Crippen molar-refractivity contribution in [3.05, 3.63) is 17.7 Å². The van der Waals surface area contributed by atoms with Crippen LogP contribution in [0.1, 0.15) is 18.9 Å². The second-order valence-corrected chi connectivity index (χ2v) is 3.72. The number of hydrogen-bond donors (Lipinski definition) is 2. The first kappa shape index (κ1) is 9.83. The minimum atomic E-state index is -0.389. The minimum absolute atomic E-state index is 0.102. The predicted octanol–water partition coefficient (Wildman–Crippen LogP) is 1.69.